The molecule has 2 fully saturated rings. The summed E-state index contributed by atoms with van der Waals surface area (Å²) in [7, 11) is 0. The number of rotatable bonds is 16. The van der Waals surface area contributed by atoms with Gasteiger partial charge in [-0.1, -0.05) is 135 Å². The zero-order chi connectivity index (χ0) is 39.6. The van der Waals surface area contributed by atoms with Gasteiger partial charge in [-0.15, -0.1) is 0 Å². The van der Waals surface area contributed by atoms with Crippen molar-refractivity contribution in [1.29, 1.82) is 0 Å². The maximum Gasteiger partial charge on any atom is 0.314 e. The van der Waals surface area contributed by atoms with Crippen LogP contribution in [0.5, 0.6) is 11.5 Å². The lowest BCUT2D eigenvalue weighted by Gasteiger charge is -2.30. The molecular weight excluding hydrogens is 689 g/mol. The van der Waals surface area contributed by atoms with Gasteiger partial charge in [0, 0.05) is 16.3 Å². The first-order valence-corrected chi connectivity index (χ1v) is 22.5. The molecular formula is C52H68O4. The number of hydrogen-bond donors (Lipinski definition) is 0. The van der Waals surface area contributed by atoms with Gasteiger partial charge in [-0.05, 0) is 134 Å². The van der Waals surface area contributed by atoms with Gasteiger partial charge < -0.3 is 9.47 Å². The summed E-state index contributed by atoms with van der Waals surface area (Å²) in [6.45, 7) is 12.5. The summed E-state index contributed by atoms with van der Waals surface area (Å²) in [5, 5.41) is 1.62. The van der Waals surface area contributed by atoms with Crippen LogP contribution < -0.4 is 9.47 Å². The van der Waals surface area contributed by atoms with Crippen LogP contribution in [-0.2, 0) is 9.59 Å². The van der Waals surface area contributed by atoms with E-state index in [1.54, 1.807) is 0 Å². The molecule has 0 amide bonds. The quantitative estimate of drug-likeness (QED) is 0.0844. The van der Waals surface area contributed by atoms with Gasteiger partial charge in [0.2, 0.25) is 0 Å². The number of carbonyl (C=O) groups is 2. The molecule has 2 aliphatic rings. The molecule has 0 heterocycles. The van der Waals surface area contributed by atoms with Gasteiger partial charge >= 0.3 is 11.9 Å². The number of esters is 2. The van der Waals surface area contributed by atoms with E-state index < -0.39 is 0 Å². The van der Waals surface area contributed by atoms with Crippen LogP contribution in [0.25, 0.3) is 33.0 Å². The van der Waals surface area contributed by atoms with E-state index in [0.717, 1.165) is 52.1 Å². The number of fused-ring (bicyclic) bond motifs is 1. The van der Waals surface area contributed by atoms with Gasteiger partial charge in [0.25, 0.3) is 0 Å². The molecule has 300 valence electrons. The van der Waals surface area contributed by atoms with Crippen LogP contribution in [0.3, 0.4) is 0 Å². The second-order valence-electron chi connectivity index (χ2n) is 17.4. The van der Waals surface area contributed by atoms with Crippen molar-refractivity contribution in [2.75, 3.05) is 0 Å². The summed E-state index contributed by atoms with van der Waals surface area (Å²) in [5.74, 6) is 2.93. The number of unbranched alkanes of at least 4 members (excludes halogenated alkanes) is 2. The Morgan fingerprint density at radius 2 is 1.02 bits per heavy atom. The second kappa shape index (κ2) is 20.0. The number of ether oxygens (including phenoxy) is 2. The predicted octanol–water partition coefficient (Wildman–Crippen LogP) is 15.0. The third kappa shape index (κ3) is 10.1. The van der Waals surface area contributed by atoms with Crippen molar-refractivity contribution in [3.8, 4) is 33.8 Å². The molecule has 4 heteroatoms. The largest absolute Gasteiger partial charge is 0.426 e. The van der Waals surface area contributed by atoms with Crippen molar-refractivity contribution < 1.29 is 19.1 Å². The molecule has 6 rings (SSSR count). The fourth-order valence-electron chi connectivity index (χ4n) is 9.15. The predicted molar refractivity (Wildman–Crippen MR) is 233 cm³/mol. The SMILES string of the molecule is CCCCC1CCC(c2ccc(-c3ccc(-c4ccc5c(OC(=O)C(C)CC)c(C6CCC(CCCC)CC6)cc(OC(=O)C(C)CC)c5c4)cc3)cc2)CC1. The van der Waals surface area contributed by atoms with Crippen LogP contribution in [0.15, 0.2) is 72.8 Å². The second-order valence-corrected chi connectivity index (χ2v) is 17.4. The lowest BCUT2D eigenvalue weighted by Crippen LogP contribution is -2.21. The standard InChI is InChI=1S/C52H68O4/c1-7-11-13-37-15-19-39(20-16-37)40-23-25-41(26-24-40)42-27-29-43(30-28-42)45-31-32-46-48(33-45)49(55-51(53)35(5)9-3)34-47(50(46)56-52(54)36(6)10-4)44-21-17-38(18-22-44)14-12-8-2/h23-39,44H,7-22H2,1-6H3. The lowest BCUT2D eigenvalue weighted by atomic mass is 9.76. The Balaban J connectivity index is 1.30. The molecule has 2 saturated carbocycles. The normalized spacial score (nSPS) is 21.0. The molecule has 0 bridgehead atoms. The molecule has 0 spiro atoms. The molecule has 0 saturated heterocycles. The Bertz CT molecular complexity index is 1870. The van der Waals surface area contributed by atoms with Crippen LogP contribution in [0, 0.1) is 23.7 Å². The average molecular weight is 757 g/mol. The first kappa shape index (κ1) is 41.7. The van der Waals surface area contributed by atoms with E-state index in [2.05, 4.69) is 80.6 Å². The highest BCUT2D eigenvalue weighted by Gasteiger charge is 2.30. The first-order chi connectivity index (χ1) is 27.2. The van der Waals surface area contributed by atoms with E-state index >= 15 is 0 Å². The lowest BCUT2D eigenvalue weighted by molar-refractivity contribution is -0.139. The van der Waals surface area contributed by atoms with Gasteiger partial charge in [0.15, 0.2) is 0 Å². The van der Waals surface area contributed by atoms with Crippen LogP contribution in [0.2, 0.25) is 0 Å². The van der Waals surface area contributed by atoms with E-state index in [1.807, 2.05) is 33.8 Å². The van der Waals surface area contributed by atoms with Crippen molar-refractivity contribution in [2.45, 2.75) is 156 Å². The topological polar surface area (TPSA) is 52.6 Å². The monoisotopic (exact) mass is 757 g/mol. The van der Waals surface area contributed by atoms with Crippen molar-refractivity contribution in [3.63, 3.8) is 0 Å². The van der Waals surface area contributed by atoms with E-state index in [0.29, 0.717) is 30.3 Å². The number of hydrogen-bond acceptors (Lipinski definition) is 4. The van der Waals surface area contributed by atoms with Crippen molar-refractivity contribution >= 4 is 22.7 Å². The minimum absolute atomic E-state index is 0.210. The highest BCUT2D eigenvalue weighted by Crippen LogP contribution is 2.48. The third-order valence-corrected chi connectivity index (χ3v) is 13.5. The highest BCUT2D eigenvalue weighted by molar-refractivity contribution is 6.00. The maximum absolute atomic E-state index is 13.5. The Morgan fingerprint density at radius 3 is 1.54 bits per heavy atom. The van der Waals surface area contributed by atoms with Gasteiger partial charge in [-0.3, -0.25) is 9.59 Å². The molecule has 4 aromatic carbocycles. The molecule has 0 aliphatic heterocycles. The van der Waals surface area contributed by atoms with Crippen molar-refractivity contribution in [3.05, 3.63) is 83.9 Å². The van der Waals surface area contributed by atoms with Crippen LogP contribution in [-0.4, -0.2) is 11.9 Å². The third-order valence-electron chi connectivity index (χ3n) is 13.5. The number of benzene rings is 4. The molecule has 56 heavy (non-hydrogen) atoms. The van der Waals surface area contributed by atoms with E-state index in [9.17, 15) is 9.59 Å². The zero-order valence-corrected chi connectivity index (χ0v) is 35.3. The minimum atomic E-state index is -0.229. The Labute approximate surface area is 338 Å². The van der Waals surface area contributed by atoms with Gasteiger partial charge in [-0.2, -0.15) is 0 Å². The Kier molecular flexibility index (Phi) is 14.9. The fraction of sp³-hybridized carbons (Fsp3) is 0.538. The van der Waals surface area contributed by atoms with Gasteiger partial charge in [0.1, 0.15) is 11.5 Å². The molecule has 0 radical (unpaired) electrons. The molecule has 4 nitrogen and oxygen atoms in total. The van der Waals surface area contributed by atoms with Gasteiger partial charge in [-0.25, -0.2) is 0 Å². The van der Waals surface area contributed by atoms with Crippen molar-refractivity contribution in [2.24, 2.45) is 23.7 Å². The van der Waals surface area contributed by atoms with E-state index in [4.69, 9.17) is 9.47 Å². The summed E-state index contributed by atoms with van der Waals surface area (Å²) in [6, 6.07) is 26.4. The number of carbonyl (C=O) groups excluding carboxylic acids is 2. The summed E-state index contributed by atoms with van der Waals surface area (Å²) < 4.78 is 12.7. The molecule has 2 aliphatic carbocycles. The molecule has 0 N–H and O–H groups in total. The van der Waals surface area contributed by atoms with Gasteiger partial charge in [0.05, 0.1) is 11.8 Å². The smallest absolute Gasteiger partial charge is 0.314 e. The van der Waals surface area contributed by atoms with E-state index in [-0.39, 0.29) is 29.7 Å². The van der Waals surface area contributed by atoms with E-state index in [1.165, 1.54) is 93.7 Å². The molecule has 0 aromatic heterocycles. The van der Waals surface area contributed by atoms with Crippen molar-refractivity contribution in [1.82, 2.24) is 0 Å². The Morgan fingerprint density at radius 1 is 0.554 bits per heavy atom. The first-order valence-electron chi connectivity index (χ1n) is 22.5. The maximum atomic E-state index is 13.5. The summed E-state index contributed by atoms with van der Waals surface area (Å²) >= 11 is 0. The average Bonchev–Trinajstić information content (AvgIpc) is 3.25. The molecule has 4 aromatic rings. The summed E-state index contributed by atoms with van der Waals surface area (Å²) in [4.78, 5) is 26.8. The summed E-state index contributed by atoms with van der Waals surface area (Å²) in [5.41, 5.74) is 7.02. The zero-order valence-electron chi connectivity index (χ0n) is 35.3. The summed E-state index contributed by atoms with van der Waals surface area (Å²) in [6.07, 6.45) is 19.1. The highest BCUT2D eigenvalue weighted by atomic mass is 16.5. The minimum Gasteiger partial charge on any atom is -0.426 e. The van der Waals surface area contributed by atoms with Crippen LogP contribution in [0.4, 0.5) is 0 Å². The fourth-order valence-corrected chi connectivity index (χ4v) is 9.15. The van der Waals surface area contributed by atoms with Crippen LogP contribution in [0.1, 0.15) is 167 Å². The molecule has 2 atom stereocenters. The van der Waals surface area contributed by atoms with Crippen LogP contribution >= 0.6 is 0 Å². The molecule has 2 unspecified atom stereocenters. The Hall–Kier alpha value is -3.92.